The Kier molecular flexibility index (Phi) is 5.19. The number of hydrogen-bond acceptors (Lipinski definition) is 3. The summed E-state index contributed by atoms with van der Waals surface area (Å²) in [6, 6.07) is 10.3. The van der Waals surface area contributed by atoms with Gasteiger partial charge in [0.15, 0.2) is 0 Å². The van der Waals surface area contributed by atoms with Gasteiger partial charge in [-0.2, -0.15) is 0 Å². The quantitative estimate of drug-likeness (QED) is 0.490. The van der Waals surface area contributed by atoms with Gasteiger partial charge in [0, 0.05) is 10.8 Å². The molecule has 1 aliphatic rings. The molecule has 1 heterocycles. The van der Waals surface area contributed by atoms with E-state index in [1.54, 1.807) is 11.8 Å². The molecule has 0 atom stereocenters. The van der Waals surface area contributed by atoms with Crippen LogP contribution in [0.3, 0.4) is 0 Å². The number of halogens is 2. The zero-order chi connectivity index (χ0) is 14.7. The Morgan fingerprint density at radius 2 is 1.86 bits per heavy atom. The second-order valence-corrected chi connectivity index (χ2v) is 7.41. The molecule has 110 valence electrons. The summed E-state index contributed by atoms with van der Waals surface area (Å²) < 4.78 is 0.879. The lowest BCUT2D eigenvalue weighted by Gasteiger charge is -2.13. The molecule has 2 nitrogen and oxygen atoms in total. The average molecular weight is 384 g/mol. The van der Waals surface area contributed by atoms with Crippen molar-refractivity contribution in [1.82, 2.24) is 9.97 Å². The van der Waals surface area contributed by atoms with Gasteiger partial charge in [-0.05, 0) is 40.9 Å². The third-order valence-corrected chi connectivity index (χ3v) is 6.03. The first-order valence-electron chi connectivity index (χ1n) is 7.13. The van der Waals surface area contributed by atoms with Gasteiger partial charge in [-0.25, -0.2) is 9.97 Å². The molecular formula is C16H16BrClN2S. The molecule has 1 aromatic carbocycles. The minimum Gasteiger partial charge on any atom is -0.235 e. The van der Waals surface area contributed by atoms with E-state index >= 15 is 0 Å². The van der Waals surface area contributed by atoms with Crippen molar-refractivity contribution >= 4 is 39.3 Å². The molecule has 0 spiro atoms. The fraction of sp³-hybridized carbons (Fsp3) is 0.375. The molecule has 1 aromatic heterocycles. The molecule has 0 radical (unpaired) electrons. The van der Waals surface area contributed by atoms with E-state index in [1.165, 1.54) is 30.6 Å². The molecule has 0 saturated heterocycles. The third-order valence-electron chi connectivity index (χ3n) is 3.74. The Hall–Kier alpha value is -0.580. The highest BCUT2D eigenvalue weighted by atomic mass is 79.9. The molecule has 0 aliphatic heterocycles. The lowest BCUT2D eigenvalue weighted by atomic mass is 10.0. The molecular weight excluding hydrogens is 368 g/mol. The fourth-order valence-corrected chi connectivity index (χ4v) is 4.15. The van der Waals surface area contributed by atoms with E-state index in [9.17, 15) is 0 Å². The molecule has 21 heavy (non-hydrogen) atoms. The van der Waals surface area contributed by atoms with Gasteiger partial charge in [-0.15, -0.1) is 11.8 Å². The van der Waals surface area contributed by atoms with Gasteiger partial charge in [0.25, 0.3) is 0 Å². The highest BCUT2D eigenvalue weighted by molar-refractivity contribution is 9.10. The summed E-state index contributed by atoms with van der Waals surface area (Å²) in [4.78, 5) is 10.4. The predicted octanol–water partition coefficient (Wildman–Crippen LogP) is 5.84. The van der Waals surface area contributed by atoms with Crippen LogP contribution in [0.25, 0.3) is 0 Å². The lowest BCUT2D eigenvalue weighted by molar-refractivity contribution is 0.683. The standard InChI is InChI=1S/C16H16BrClN2S/c17-14-15(11-6-4-5-7-11)19-13(20-16(14)18)10-21-12-8-2-1-3-9-12/h1-3,8-9,11H,4-7,10H2. The molecule has 1 fully saturated rings. The molecule has 0 N–H and O–H groups in total. The van der Waals surface area contributed by atoms with Crippen molar-refractivity contribution in [3.8, 4) is 0 Å². The number of benzene rings is 1. The van der Waals surface area contributed by atoms with Crippen LogP contribution < -0.4 is 0 Å². The minimum atomic E-state index is 0.528. The molecule has 1 aliphatic carbocycles. The van der Waals surface area contributed by atoms with Crippen molar-refractivity contribution in [2.45, 2.75) is 42.2 Å². The molecule has 3 rings (SSSR count). The number of thioether (sulfide) groups is 1. The Morgan fingerprint density at radius 3 is 2.57 bits per heavy atom. The van der Waals surface area contributed by atoms with Crippen molar-refractivity contribution in [2.75, 3.05) is 0 Å². The summed E-state index contributed by atoms with van der Waals surface area (Å²) in [7, 11) is 0. The van der Waals surface area contributed by atoms with Gasteiger partial charge in [0.1, 0.15) is 11.0 Å². The summed E-state index contributed by atoms with van der Waals surface area (Å²) in [6.07, 6.45) is 4.98. The summed E-state index contributed by atoms with van der Waals surface area (Å²) >= 11 is 11.6. The largest absolute Gasteiger partial charge is 0.235 e. The smallest absolute Gasteiger partial charge is 0.147 e. The average Bonchev–Trinajstić information content (AvgIpc) is 3.03. The first-order chi connectivity index (χ1) is 10.2. The van der Waals surface area contributed by atoms with Crippen LogP contribution in [0.2, 0.25) is 5.15 Å². The van der Waals surface area contributed by atoms with E-state index in [4.69, 9.17) is 16.6 Å². The van der Waals surface area contributed by atoms with Crippen LogP contribution in [0.15, 0.2) is 39.7 Å². The zero-order valence-corrected chi connectivity index (χ0v) is 14.7. The van der Waals surface area contributed by atoms with Crippen LogP contribution in [-0.2, 0) is 5.75 Å². The van der Waals surface area contributed by atoms with Gasteiger partial charge in [-0.1, -0.05) is 42.6 Å². The Labute approximate surface area is 142 Å². The monoisotopic (exact) mass is 382 g/mol. The topological polar surface area (TPSA) is 25.8 Å². The first kappa shape index (κ1) is 15.3. The molecule has 0 amide bonds. The van der Waals surface area contributed by atoms with Crippen LogP contribution in [-0.4, -0.2) is 9.97 Å². The second kappa shape index (κ2) is 7.12. The van der Waals surface area contributed by atoms with Crippen molar-refractivity contribution in [3.63, 3.8) is 0 Å². The highest BCUT2D eigenvalue weighted by Gasteiger charge is 2.23. The zero-order valence-electron chi connectivity index (χ0n) is 11.6. The highest BCUT2D eigenvalue weighted by Crippen LogP contribution is 2.38. The van der Waals surface area contributed by atoms with Crippen LogP contribution >= 0.6 is 39.3 Å². The Morgan fingerprint density at radius 1 is 1.14 bits per heavy atom. The number of hydrogen-bond donors (Lipinski definition) is 0. The van der Waals surface area contributed by atoms with Gasteiger partial charge >= 0.3 is 0 Å². The predicted molar refractivity (Wildman–Crippen MR) is 92.0 cm³/mol. The fourth-order valence-electron chi connectivity index (χ4n) is 2.68. The summed E-state index contributed by atoms with van der Waals surface area (Å²) in [5.41, 5.74) is 1.09. The van der Waals surface area contributed by atoms with Crippen molar-refractivity contribution in [3.05, 3.63) is 51.5 Å². The van der Waals surface area contributed by atoms with Crippen molar-refractivity contribution in [2.24, 2.45) is 0 Å². The van der Waals surface area contributed by atoms with E-state index in [1.807, 2.05) is 18.2 Å². The second-order valence-electron chi connectivity index (χ2n) is 5.21. The molecule has 1 saturated carbocycles. The maximum Gasteiger partial charge on any atom is 0.147 e. The Balaban J connectivity index is 1.79. The summed E-state index contributed by atoms with van der Waals surface area (Å²) in [6.45, 7) is 0. The first-order valence-corrected chi connectivity index (χ1v) is 9.29. The van der Waals surface area contributed by atoms with Crippen LogP contribution in [0.1, 0.15) is 43.1 Å². The van der Waals surface area contributed by atoms with Gasteiger partial charge < -0.3 is 0 Å². The van der Waals surface area contributed by atoms with Gasteiger partial charge in [0.05, 0.1) is 15.9 Å². The van der Waals surface area contributed by atoms with Gasteiger partial charge in [0.2, 0.25) is 0 Å². The summed E-state index contributed by atoms with van der Waals surface area (Å²) in [5, 5.41) is 0.538. The van der Waals surface area contributed by atoms with Crippen molar-refractivity contribution < 1.29 is 0 Å². The van der Waals surface area contributed by atoms with E-state index in [2.05, 4.69) is 33.0 Å². The molecule has 0 unspecified atom stereocenters. The maximum absolute atomic E-state index is 6.27. The molecule has 5 heteroatoms. The van der Waals surface area contributed by atoms with E-state index < -0.39 is 0 Å². The number of rotatable bonds is 4. The van der Waals surface area contributed by atoms with E-state index in [-0.39, 0.29) is 0 Å². The minimum absolute atomic E-state index is 0.528. The van der Waals surface area contributed by atoms with Crippen molar-refractivity contribution in [1.29, 1.82) is 0 Å². The lowest BCUT2D eigenvalue weighted by Crippen LogP contribution is -2.04. The van der Waals surface area contributed by atoms with Gasteiger partial charge in [-0.3, -0.25) is 0 Å². The molecule has 2 aromatic rings. The SMILES string of the molecule is Clc1nc(CSc2ccccc2)nc(C2CCCC2)c1Br. The molecule has 0 bridgehead atoms. The normalized spacial score (nSPS) is 15.5. The third kappa shape index (κ3) is 3.79. The summed E-state index contributed by atoms with van der Waals surface area (Å²) in [5.74, 6) is 2.09. The Bertz CT molecular complexity index is 615. The van der Waals surface area contributed by atoms with Crippen LogP contribution in [0.4, 0.5) is 0 Å². The van der Waals surface area contributed by atoms with E-state index in [0.717, 1.165) is 21.7 Å². The van der Waals surface area contributed by atoms with Crippen LogP contribution in [0.5, 0.6) is 0 Å². The maximum atomic E-state index is 6.27. The number of nitrogens with zero attached hydrogens (tertiary/aromatic N) is 2. The van der Waals surface area contributed by atoms with E-state index in [0.29, 0.717) is 11.1 Å². The van der Waals surface area contributed by atoms with Crippen LogP contribution in [0, 0.1) is 0 Å². The number of aromatic nitrogens is 2.